The van der Waals surface area contributed by atoms with E-state index >= 15 is 0 Å². The van der Waals surface area contributed by atoms with E-state index < -0.39 is 0 Å². The van der Waals surface area contributed by atoms with Crippen molar-refractivity contribution >= 4 is 5.69 Å². The topological polar surface area (TPSA) is 15.3 Å². The molecule has 0 aliphatic carbocycles. The lowest BCUT2D eigenvalue weighted by Gasteiger charge is -2.24. The molecule has 2 nitrogen and oxygen atoms in total. The predicted octanol–water partition coefficient (Wildman–Crippen LogP) is 3.93. The van der Waals surface area contributed by atoms with Gasteiger partial charge in [-0.05, 0) is 56.3 Å². The van der Waals surface area contributed by atoms with E-state index in [-0.39, 0.29) is 0 Å². The Kier molecular flexibility index (Phi) is 4.62. The molecule has 2 unspecified atom stereocenters. The Morgan fingerprint density at radius 2 is 2.10 bits per heavy atom. The number of hydrogen-bond acceptors (Lipinski definition) is 2. The lowest BCUT2D eigenvalue weighted by molar-refractivity contribution is 0.269. The number of para-hydroxylation sites is 1. The second-order valence-corrected chi connectivity index (χ2v) is 6.59. The van der Waals surface area contributed by atoms with Crippen LogP contribution in [0.4, 0.5) is 5.69 Å². The summed E-state index contributed by atoms with van der Waals surface area (Å²) >= 11 is 0. The summed E-state index contributed by atoms with van der Waals surface area (Å²) in [7, 11) is 0. The van der Waals surface area contributed by atoms with Gasteiger partial charge >= 0.3 is 0 Å². The minimum Gasteiger partial charge on any atom is -0.380 e. The van der Waals surface area contributed by atoms with Crippen molar-refractivity contribution in [2.45, 2.75) is 51.5 Å². The van der Waals surface area contributed by atoms with E-state index in [0.717, 1.165) is 5.92 Å². The van der Waals surface area contributed by atoms with E-state index in [0.29, 0.717) is 6.04 Å². The first kappa shape index (κ1) is 13.9. The van der Waals surface area contributed by atoms with Crippen LogP contribution in [-0.2, 0) is 6.42 Å². The number of nitrogens with zero attached hydrogens (tertiary/aromatic N) is 1. The maximum atomic E-state index is 3.70. The molecule has 0 spiro atoms. The summed E-state index contributed by atoms with van der Waals surface area (Å²) in [6.45, 7) is 6.14. The van der Waals surface area contributed by atoms with Gasteiger partial charge in [0.25, 0.3) is 0 Å². The van der Waals surface area contributed by atoms with Crippen LogP contribution in [0, 0.1) is 5.92 Å². The standard InChI is InChI=1S/C18H28N2/c1-2-6-15-7-5-11-20(12-10-15)14-17-13-16-8-3-4-9-18(16)19-17/h3-4,8-9,15,17,19H,2,5-7,10-14H2,1H3. The summed E-state index contributed by atoms with van der Waals surface area (Å²) in [5, 5.41) is 3.70. The Morgan fingerprint density at radius 3 is 2.95 bits per heavy atom. The lowest BCUT2D eigenvalue weighted by Crippen LogP contribution is -2.36. The van der Waals surface area contributed by atoms with E-state index in [2.05, 4.69) is 41.4 Å². The van der Waals surface area contributed by atoms with Crippen molar-refractivity contribution in [1.82, 2.24) is 4.90 Å². The van der Waals surface area contributed by atoms with Crippen molar-refractivity contribution < 1.29 is 0 Å². The van der Waals surface area contributed by atoms with Gasteiger partial charge in [-0.15, -0.1) is 0 Å². The molecule has 2 heterocycles. The Balaban J connectivity index is 1.50. The third-order valence-electron chi connectivity index (χ3n) is 4.96. The van der Waals surface area contributed by atoms with Crippen molar-refractivity contribution in [3.63, 3.8) is 0 Å². The third kappa shape index (κ3) is 3.35. The van der Waals surface area contributed by atoms with Gasteiger partial charge in [-0.25, -0.2) is 0 Å². The normalized spacial score (nSPS) is 26.9. The van der Waals surface area contributed by atoms with Gasteiger partial charge < -0.3 is 10.2 Å². The predicted molar refractivity (Wildman–Crippen MR) is 86.2 cm³/mol. The van der Waals surface area contributed by atoms with Gasteiger partial charge in [0.1, 0.15) is 0 Å². The minimum absolute atomic E-state index is 0.620. The minimum atomic E-state index is 0.620. The van der Waals surface area contributed by atoms with Crippen molar-refractivity contribution in [2.24, 2.45) is 5.92 Å². The van der Waals surface area contributed by atoms with Crippen LogP contribution in [0.5, 0.6) is 0 Å². The molecule has 1 aromatic rings. The molecule has 1 N–H and O–H groups in total. The van der Waals surface area contributed by atoms with Gasteiger partial charge in [-0.2, -0.15) is 0 Å². The van der Waals surface area contributed by atoms with E-state index in [9.17, 15) is 0 Å². The average molecular weight is 272 g/mol. The fourth-order valence-electron chi connectivity index (χ4n) is 3.90. The lowest BCUT2D eigenvalue weighted by atomic mass is 9.96. The van der Waals surface area contributed by atoms with E-state index in [1.807, 2.05) is 0 Å². The Hall–Kier alpha value is -1.02. The molecule has 2 atom stereocenters. The highest BCUT2D eigenvalue weighted by Gasteiger charge is 2.23. The van der Waals surface area contributed by atoms with Gasteiger partial charge in [0, 0.05) is 18.3 Å². The molecule has 2 aliphatic heterocycles. The molecule has 20 heavy (non-hydrogen) atoms. The zero-order chi connectivity index (χ0) is 13.8. The summed E-state index contributed by atoms with van der Waals surface area (Å²) in [6.07, 6.45) is 8.23. The first-order chi connectivity index (χ1) is 9.85. The highest BCUT2D eigenvalue weighted by Crippen LogP contribution is 2.27. The number of hydrogen-bond donors (Lipinski definition) is 1. The zero-order valence-electron chi connectivity index (χ0n) is 12.8. The summed E-state index contributed by atoms with van der Waals surface area (Å²) in [5.74, 6) is 0.985. The van der Waals surface area contributed by atoms with Gasteiger partial charge in [-0.3, -0.25) is 0 Å². The summed E-state index contributed by atoms with van der Waals surface area (Å²) in [5.41, 5.74) is 2.85. The van der Waals surface area contributed by atoms with Gasteiger partial charge in [0.05, 0.1) is 0 Å². The van der Waals surface area contributed by atoms with Crippen LogP contribution >= 0.6 is 0 Å². The molecule has 0 bridgehead atoms. The fourth-order valence-corrected chi connectivity index (χ4v) is 3.90. The van der Waals surface area contributed by atoms with Crippen LogP contribution in [0.15, 0.2) is 24.3 Å². The molecule has 0 amide bonds. The Bertz CT molecular complexity index is 404. The molecule has 1 saturated heterocycles. The number of likely N-dealkylation sites (tertiary alicyclic amines) is 1. The van der Waals surface area contributed by atoms with Crippen LogP contribution in [-0.4, -0.2) is 30.6 Å². The Morgan fingerprint density at radius 1 is 1.20 bits per heavy atom. The monoisotopic (exact) mass is 272 g/mol. The second-order valence-electron chi connectivity index (χ2n) is 6.59. The first-order valence-electron chi connectivity index (χ1n) is 8.42. The largest absolute Gasteiger partial charge is 0.380 e. The molecule has 2 heteroatoms. The second kappa shape index (κ2) is 6.62. The molecule has 1 fully saturated rings. The quantitative estimate of drug-likeness (QED) is 0.893. The molecule has 0 saturated carbocycles. The highest BCUT2D eigenvalue weighted by atomic mass is 15.2. The first-order valence-corrected chi connectivity index (χ1v) is 8.42. The highest BCUT2D eigenvalue weighted by molar-refractivity contribution is 5.56. The molecule has 0 aromatic heterocycles. The maximum absolute atomic E-state index is 3.70. The van der Waals surface area contributed by atoms with Crippen LogP contribution in [0.3, 0.4) is 0 Å². The van der Waals surface area contributed by atoms with Crippen molar-refractivity contribution in [3.05, 3.63) is 29.8 Å². The van der Waals surface area contributed by atoms with Crippen molar-refractivity contribution in [1.29, 1.82) is 0 Å². The average Bonchev–Trinajstić information content (AvgIpc) is 2.73. The molecule has 2 aliphatic rings. The summed E-state index contributed by atoms with van der Waals surface area (Å²) in [6, 6.07) is 9.40. The van der Waals surface area contributed by atoms with Gasteiger partial charge in [0.2, 0.25) is 0 Å². The van der Waals surface area contributed by atoms with Crippen LogP contribution < -0.4 is 5.32 Å². The summed E-state index contributed by atoms with van der Waals surface area (Å²) in [4.78, 5) is 2.69. The molecular formula is C18H28N2. The number of nitrogens with one attached hydrogen (secondary N) is 1. The number of rotatable bonds is 4. The SMILES string of the molecule is CCCC1CCCN(CC2Cc3ccccc3N2)CC1. The van der Waals surface area contributed by atoms with Crippen LogP contribution in [0.1, 0.15) is 44.6 Å². The van der Waals surface area contributed by atoms with Crippen LogP contribution in [0.2, 0.25) is 0 Å². The molecular weight excluding hydrogens is 244 g/mol. The van der Waals surface area contributed by atoms with Crippen molar-refractivity contribution in [3.8, 4) is 0 Å². The molecule has 110 valence electrons. The Labute approximate surface area is 123 Å². The zero-order valence-corrected chi connectivity index (χ0v) is 12.8. The van der Waals surface area contributed by atoms with Crippen LogP contribution in [0.25, 0.3) is 0 Å². The fraction of sp³-hybridized carbons (Fsp3) is 0.667. The summed E-state index contributed by atoms with van der Waals surface area (Å²) < 4.78 is 0. The van der Waals surface area contributed by atoms with E-state index in [1.165, 1.54) is 69.4 Å². The smallest absolute Gasteiger partial charge is 0.0429 e. The molecule has 3 rings (SSSR count). The third-order valence-corrected chi connectivity index (χ3v) is 4.96. The molecule has 0 radical (unpaired) electrons. The number of anilines is 1. The van der Waals surface area contributed by atoms with E-state index in [1.54, 1.807) is 0 Å². The van der Waals surface area contributed by atoms with Gasteiger partial charge in [-0.1, -0.05) is 38.0 Å². The van der Waals surface area contributed by atoms with E-state index in [4.69, 9.17) is 0 Å². The van der Waals surface area contributed by atoms with Crippen molar-refractivity contribution in [2.75, 3.05) is 25.0 Å². The maximum Gasteiger partial charge on any atom is 0.0429 e. The number of fused-ring (bicyclic) bond motifs is 1. The number of benzene rings is 1. The molecule has 1 aromatic carbocycles. The van der Waals surface area contributed by atoms with Gasteiger partial charge in [0.15, 0.2) is 0 Å².